The maximum atomic E-state index is 11.7. The van der Waals surface area contributed by atoms with Gasteiger partial charge in [-0.05, 0) is 18.4 Å². The Morgan fingerprint density at radius 3 is 2.45 bits per heavy atom. The highest BCUT2D eigenvalue weighted by molar-refractivity contribution is 7.91. The van der Waals surface area contributed by atoms with Crippen molar-refractivity contribution in [1.29, 1.82) is 0 Å². The lowest BCUT2D eigenvalue weighted by Gasteiger charge is -2.35. The van der Waals surface area contributed by atoms with Gasteiger partial charge in [0, 0.05) is 12.0 Å². The normalized spacial score (nSPS) is 19.3. The highest BCUT2D eigenvalue weighted by atomic mass is 32.2. The predicted molar refractivity (Wildman–Crippen MR) is 82.0 cm³/mol. The zero-order valence-corrected chi connectivity index (χ0v) is 13.1. The molecular weight excluding hydrogens is 306 g/mol. The molecule has 1 aliphatic rings. The van der Waals surface area contributed by atoms with Crippen LogP contribution in [-0.2, 0) is 21.2 Å². The first-order chi connectivity index (χ1) is 10.4. The van der Waals surface area contributed by atoms with E-state index >= 15 is 0 Å². The van der Waals surface area contributed by atoms with E-state index in [1.54, 1.807) is 0 Å². The molecule has 1 aromatic carbocycles. The van der Waals surface area contributed by atoms with Gasteiger partial charge in [-0.25, -0.2) is 13.2 Å². The molecule has 1 aromatic rings. The Morgan fingerprint density at radius 1 is 1.23 bits per heavy atom. The van der Waals surface area contributed by atoms with E-state index in [1.165, 1.54) is 0 Å². The van der Waals surface area contributed by atoms with Gasteiger partial charge in [-0.15, -0.1) is 0 Å². The molecule has 1 heterocycles. The molecule has 22 heavy (non-hydrogen) atoms. The van der Waals surface area contributed by atoms with E-state index in [-0.39, 0.29) is 31.3 Å². The number of aliphatic hydroxyl groups is 1. The highest BCUT2D eigenvalue weighted by Crippen LogP contribution is 2.31. The van der Waals surface area contributed by atoms with Gasteiger partial charge in [0.25, 0.3) is 0 Å². The van der Waals surface area contributed by atoms with Gasteiger partial charge in [0.15, 0.2) is 0 Å². The molecule has 6 nitrogen and oxygen atoms in total. The van der Waals surface area contributed by atoms with Crippen molar-refractivity contribution in [3.8, 4) is 0 Å². The van der Waals surface area contributed by atoms with Gasteiger partial charge in [-0.3, -0.25) is 0 Å². The van der Waals surface area contributed by atoms with Crippen molar-refractivity contribution in [3.63, 3.8) is 0 Å². The van der Waals surface area contributed by atoms with E-state index < -0.39 is 21.3 Å². The Kier molecular flexibility index (Phi) is 5.42. The number of rotatable bonds is 5. The number of nitrogens with one attached hydrogen (secondary N) is 1. The van der Waals surface area contributed by atoms with Crippen molar-refractivity contribution in [2.45, 2.75) is 19.4 Å². The van der Waals surface area contributed by atoms with Crippen LogP contribution in [0.15, 0.2) is 30.3 Å². The summed E-state index contributed by atoms with van der Waals surface area (Å²) in [6.45, 7) is 0.237. The lowest BCUT2D eigenvalue weighted by Crippen LogP contribution is -2.45. The zero-order chi connectivity index (χ0) is 16.1. The van der Waals surface area contributed by atoms with Crippen LogP contribution < -0.4 is 5.32 Å². The average molecular weight is 327 g/mol. The number of carbonyl (C=O) groups excluding carboxylic acids is 1. The molecule has 1 fully saturated rings. The van der Waals surface area contributed by atoms with Crippen molar-refractivity contribution in [3.05, 3.63) is 35.9 Å². The summed E-state index contributed by atoms with van der Waals surface area (Å²) in [6, 6.07) is 9.31. The lowest BCUT2D eigenvalue weighted by molar-refractivity contribution is 0.0985. The van der Waals surface area contributed by atoms with Gasteiger partial charge in [0.2, 0.25) is 0 Å². The molecule has 2 rings (SSSR count). The first-order valence-corrected chi connectivity index (χ1v) is 9.03. The number of hydrogen-bond acceptors (Lipinski definition) is 5. The maximum Gasteiger partial charge on any atom is 0.407 e. The number of benzene rings is 1. The minimum absolute atomic E-state index is 0.0499. The molecule has 0 spiro atoms. The van der Waals surface area contributed by atoms with Crippen molar-refractivity contribution < 1.29 is 23.1 Å². The molecule has 2 N–H and O–H groups in total. The summed E-state index contributed by atoms with van der Waals surface area (Å²) < 4.78 is 28.0. The molecule has 0 saturated carbocycles. The van der Waals surface area contributed by atoms with Gasteiger partial charge >= 0.3 is 6.09 Å². The summed E-state index contributed by atoms with van der Waals surface area (Å²) >= 11 is 0. The topological polar surface area (TPSA) is 92.7 Å². The third-order valence-electron chi connectivity index (χ3n) is 4.04. The smallest absolute Gasteiger partial charge is 0.407 e. The van der Waals surface area contributed by atoms with Gasteiger partial charge in [0.1, 0.15) is 16.4 Å². The second-order valence-corrected chi connectivity index (χ2v) is 8.03. The minimum atomic E-state index is -3.00. The van der Waals surface area contributed by atoms with Gasteiger partial charge < -0.3 is 15.2 Å². The van der Waals surface area contributed by atoms with Crippen LogP contribution >= 0.6 is 0 Å². The van der Waals surface area contributed by atoms with Crippen molar-refractivity contribution in [2.24, 2.45) is 5.41 Å². The number of ether oxygens (including phenoxy) is 1. The lowest BCUT2D eigenvalue weighted by atomic mass is 9.83. The molecule has 0 radical (unpaired) electrons. The first kappa shape index (κ1) is 16.8. The zero-order valence-electron chi connectivity index (χ0n) is 12.3. The Labute approximate surface area is 130 Å². The number of sulfone groups is 1. The van der Waals surface area contributed by atoms with Crippen LogP contribution in [-0.4, -0.2) is 44.3 Å². The fourth-order valence-corrected chi connectivity index (χ4v) is 4.09. The summed E-state index contributed by atoms with van der Waals surface area (Å²) in [5, 5.41) is 12.2. The van der Waals surface area contributed by atoms with Gasteiger partial charge in [-0.2, -0.15) is 0 Å². The Hall–Kier alpha value is -1.60. The summed E-state index contributed by atoms with van der Waals surface area (Å²) in [6.07, 6.45) is 0.139. The third-order valence-corrected chi connectivity index (χ3v) is 5.69. The molecule has 7 heteroatoms. The molecule has 0 unspecified atom stereocenters. The van der Waals surface area contributed by atoms with Gasteiger partial charge in [0.05, 0.1) is 18.1 Å². The average Bonchev–Trinajstić information content (AvgIpc) is 2.53. The molecule has 0 bridgehead atoms. The van der Waals surface area contributed by atoms with Crippen LogP contribution in [0.2, 0.25) is 0 Å². The maximum absolute atomic E-state index is 11.7. The van der Waals surface area contributed by atoms with E-state index in [9.17, 15) is 18.3 Å². The monoisotopic (exact) mass is 327 g/mol. The first-order valence-electron chi connectivity index (χ1n) is 7.21. The second kappa shape index (κ2) is 7.11. The molecule has 0 aliphatic carbocycles. The fraction of sp³-hybridized carbons (Fsp3) is 0.533. The molecular formula is C15H21NO5S. The van der Waals surface area contributed by atoms with E-state index in [1.807, 2.05) is 30.3 Å². The number of amides is 1. The second-order valence-electron chi connectivity index (χ2n) is 5.73. The van der Waals surface area contributed by atoms with Crippen molar-refractivity contribution >= 4 is 15.9 Å². The number of aliphatic hydroxyl groups excluding tert-OH is 1. The van der Waals surface area contributed by atoms with Crippen molar-refractivity contribution in [2.75, 3.05) is 24.7 Å². The van der Waals surface area contributed by atoms with Crippen LogP contribution in [0.4, 0.5) is 4.79 Å². The molecule has 0 aromatic heterocycles. The molecule has 1 aliphatic heterocycles. The van der Waals surface area contributed by atoms with Crippen LogP contribution in [0, 0.1) is 5.41 Å². The number of hydrogen-bond donors (Lipinski definition) is 2. The summed E-state index contributed by atoms with van der Waals surface area (Å²) in [5.41, 5.74) is 0.315. The minimum Gasteiger partial charge on any atom is -0.445 e. The molecule has 0 atom stereocenters. The quantitative estimate of drug-likeness (QED) is 0.845. The van der Waals surface area contributed by atoms with Gasteiger partial charge in [-0.1, -0.05) is 30.3 Å². The predicted octanol–water partition coefficient (Wildman–Crippen LogP) is 1.10. The Bertz CT molecular complexity index is 586. The van der Waals surface area contributed by atoms with E-state index in [4.69, 9.17) is 4.74 Å². The SMILES string of the molecule is O=C(NCC1(CO)CCS(=O)(=O)CC1)OCc1ccccc1. The Balaban J connectivity index is 1.79. The molecule has 122 valence electrons. The van der Waals surface area contributed by atoms with Crippen LogP contribution in [0.3, 0.4) is 0 Å². The molecule has 1 saturated heterocycles. The van der Waals surface area contributed by atoms with E-state index in [0.29, 0.717) is 12.8 Å². The summed E-state index contributed by atoms with van der Waals surface area (Å²) in [5.74, 6) is 0.0998. The van der Waals surface area contributed by atoms with Crippen LogP contribution in [0.5, 0.6) is 0 Å². The van der Waals surface area contributed by atoms with E-state index in [2.05, 4.69) is 5.32 Å². The fourth-order valence-electron chi connectivity index (χ4n) is 2.40. The number of carbonyl (C=O) groups is 1. The van der Waals surface area contributed by atoms with Crippen molar-refractivity contribution in [1.82, 2.24) is 5.32 Å². The number of alkyl carbamates (subject to hydrolysis) is 1. The highest BCUT2D eigenvalue weighted by Gasteiger charge is 2.37. The largest absolute Gasteiger partial charge is 0.445 e. The van der Waals surface area contributed by atoms with E-state index in [0.717, 1.165) is 5.56 Å². The summed E-state index contributed by atoms with van der Waals surface area (Å²) in [7, 11) is -3.00. The standard InChI is InChI=1S/C15H21NO5S/c17-12-15(6-8-22(19,20)9-7-15)11-16-14(18)21-10-13-4-2-1-3-5-13/h1-5,17H,6-12H2,(H,16,18). The van der Waals surface area contributed by atoms with Crippen LogP contribution in [0.25, 0.3) is 0 Å². The Morgan fingerprint density at radius 2 is 1.86 bits per heavy atom. The third kappa shape index (κ3) is 4.71. The van der Waals surface area contributed by atoms with Crippen LogP contribution in [0.1, 0.15) is 18.4 Å². The summed E-state index contributed by atoms with van der Waals surface area (Å²) in [4.78, 5) is 11.7. The molecule has 1 amide bonds.